The Hall–Kier alpha value is -5.22. The third kappa shape index (κ3) is 7.75. The number of nitrogens with one attached hydrogen (secondary N) is 3. The van der Waals surface area contributed by atoms with Crippen LogP contribution in [0.5, 0.6) is 17.2 Å². The number of ether oxygens (including phenoxy) is 3. The van der Waals surface area contributed by atoms with Gasteiger partial charge < -0.3 is 30.2 Å². The summed E-state index contributed by atoms with van der Waals surface area (Å²) in [5.41, 5.74) is 2.30. The summed E-state index contributed by atoms with van der Waals surface area (Å²) >= 11 is 1.34. The van der Waals surface area contributed by atoms with E-state index < -0.39 is 17.1 Å². The Labute approximate surface area is 253 Å². The van der Waals surface area contributed by atoms with Crippen LogP contribution in [0.3, 0.4) is 0 Å². The van der Waals surface area contributed by atoms with Crippen LogP contribution in [-0.2, 0) is 9.59 Å². The first-order valence-corrected chi connectivity index (χ1v) is 14.3. The van der Waals surface area contributed by atoms with E-state index in [4.69, 9.17) is 14.2 Å². The van der Waals surface area contributed by atoms with E-state index in [9.17, 15) is 14.4 Å². The average molecular weight is 596 g/mol. The quantitative estimate of drug-likeness (QED) is 0.153. The first-order chi connectivity index (χ1) is 20.9. The van der Waals surface area contributed by atoms with Crippen LogP contribution in [0.4, 0.5) is 11.4 Å². The number of hydrogen-bond acceptors (Lipinski definition) is 7. The molecule has 43 heavy (non-hydrogen) atoms. The van der Waals surface area contributed by atoms with Crippen LogP contribution in [0, 0.1) is 0 Å². The van der Waals surface area contributed by atoms with Gasteiger partial charge in [0.25, 0.3) is 11.8 Å². The van der Waals surface area contributed by atoms with E-state index in [0.717, 1.165) is 4.90 Å². The van der Waals surface area contributed by atoms with Crippen molar-refractivity contribution in [2.45, 2.75) is 17.1 Å². The molecule has 0 saturated heterocycles. The Kier molecular flexibility index (Phi) is 9.28. The first-order valence-electron chi connectivity index (χ1n) is 13.4. The van der Waals surface area contributed by atoms with E-state index in [2.05, 4.69) is 16.0 Å². The predicted octanol–water partition coefficient (Wildman–Crippen LogP) is 5.95. The minimum absolute atomic E-state index is 0.0635. The molecule has 5 rings (SSSR count). The minimum atomic E-state index is -0.504. The van der Waals surface area contributed by atoms with E-state index in [1.54, 1.807) is 105 Å². The van der Waals surface area contributed by atoms with Gasteiger partial charge in [-0.3, -0.25) is 14.4 Å². The molecule has 3 N–H and O–H groups in total. The number of benzene rings is 4. The molecule has 1 aliphatic heterocycles. The zero-order valence-corrected chi connectivity index (χ0v) is 24.3. The number of rotatable bonds is 10. The van der Waals surface area contributed by atoms with Crippen molar-refractivity contribution in [2.75, 3.05) is 24.5 Å². The highest BCUT2D eigenvalue weighted by molar-refractivity contribution is 8.00. The molecule has 0 aromatic heterocycles. The molecule has 0 fully saturated rings. The van der Waals surface area contributed by atoms with Gasteiger partial charge in [-0.25, -0.2) is 0 Å². The summed E-state index contributed by atoms with van der Waals surface area (Å²) in [6.45, 7) is 1.96. The molecule has 0 bridgehead atoms. The highest BCUT2D eigenvalue weighted by Crippen LogP contribution is 2.34. The lowest BCUT2D eigenvalue weighted by molar-refractivity contribution is -0.115. The Bertz CT molecular complexity index is 1660. The number of methoxy groups -OCH3 is 1. The molecule has 3 amide bonds. The van der Waals surface area contributed by atoms with Crippen LogP contribution in [0.25, 0.3) is 6.08 Å². The first kappa shape index (κ1) is 29.3. The number of carbonyl (C=O) groups is 3. The Morgan fingerprint density at radius 2 is 1.58 bits per heavy atom. The second-order valence-corrected chi connectivity index (χ2v) is 10.9. The maximum atomic E-state index is 13.4. The van der Waals surface area contributed by atoms with Crippen molar-refractivity contribution < 1.29 is 28.6 Å². The minimum Gasteiger partial charge on any atom is -0.497 e. The van der Waals surface area contributed by atoms with Gasteiger partial charge in [0.1, 0.15) is 11.4 Å². The van der Waals surface area contributed by atoms with Crippen LogP contribution in [0.1, 0.15) is 22.8 Å². The van der Waals surface area contributed by atoms with Crippen molar-refractivity contribution in [3.05, 3.63) is 114 Å². The highest BCUT2D eigenvalue weighted by Gasteiger charge is 2.19. The van der Waals surface area contributed by atoms with Gasteiger partial charge in [-0.05, 0) is 73.2 Å². The maximum absolute atomic E-state index is 13.4. The van der Waals surface area contributed by atoms with Crippen LogP contribution >= 0.6 is 11.8 Å². The number of amides is 3. The van der Waals surface area contributed by atoms with Crippen molar-refractivity contribution in [1.29, 1.82) is 0 Å². The Morgan fingerprint density at radius 3 is 2.35 bits per heavy atom. The zero-order chi connectivity index (χ0) is 30.2. The molecule has 1 heterocycles. The lowest BCUT2D eigenvalue weighted by Gasteiger charge is -2.14. The molecule has 218 valence electrons. The standard InChI is InChI=1S/C33H29N3O6S/c1-21(31(37)34-25-13-16-29-30(19-25)42-20-41-29)43-27-10-6-9-24(18-27)35-33(39)28(17-22-11-14-26(40-2)15-12-22)36-32(38)23-7-4-3-5-8-23/h3-19,21H,20H2,1-2H3,(H,34,37)(H,35,39)(H,36,38)/b28-17+. The van der Waals surface area contributed by atoms with Crippen molar-refractivity contribution in [3.8, 4) is 17.2 Å². The molecule has 9 nitrogen and oxygen atoms in total. The lowest BCUT2D eigenvalue weighted by atomic mass is 10.1. The summed E-state index contributed by atoms with van der Waals surface area (Å²) in [5.74, 6) is 0.789. The van der Waals surface area contributed by atoms with Gasteiger partial charge in [-0.1, -0.05) is 36.4 Å². The fourth-order valence-electron chi connectivity index (χ4n) is 4.13. The zero-order valence-electron chi connectivity index (χ0n) is 23.5. The molecule has 1 unspecified atom stereocenters. The second kappa shape index (κ2) is 13.6. The van der Waals surface area contributed by atoms with Crippen molar-refractivity contribution in [3.63, 3.8) is 0 Å². The molecule has 1 atom stereocenters. The van der Waals surface area contributed by atoms with E-state index in [1.807, 2.05) is 12.1 Å². The van der Waals surface area contributed by atoms with Gasteiger partial charge >= 0.3 is 0 Å². The van der Waals surface area contributed by atoms with Crippen LogP contribution in [-0.4, -0.2) is 36.9 Å². The third-order valence-corrected chi connectivity index (χ3v) is 7.46. The fraction of sp³-hybridized carbons (Fsp3) is 0.121. The summed E-state index contributed by atoms with van der Waals surface area (Å²) in [5, 5.41) is 8.05. The number of fused-ring (bicyclic) bond motifs is 1. The molecular formula is C33H29N3O6S. The molecule has 0 radical (unpaired) electrons. The summed E-state index contributed by atoms with van der Waals surface area (Å²) < 4.78 is 15.9. The Balaban J connectivity index is 1.27. The van der Waals surface area contributed by atoms with Crippen molar-refractivity contribution >= 4 is 46.9 Å². The third-order valence-electron chi connectivity index (χ3n) is 6.37. The summed E-state index contributed by atoms with van der Waals surface area (Å²) in [4.78, 5) is 40.0. The van der Waals surface area contributed by atoms with E-state index in [0.29, 0.717) is 39.8 Å². The molecule has 1 aliphatic rings. The lowest BCUT2D eigenvalue weighted by Crippen LogP contribution is -2.30. The highest BCUT2D eigenvalue weighted by atomic mass is 32.2. The Morgan fingerprint density at radius 1 is 0.837 bits per heavy atom. The van der Waals surface area contributed by atoms with Crippen molar-refractivity contribution in [2.24, 2.45) is 0 Å². The van der Waals surface area contributed by atoms with Crippen LogP contribution in [0.15, 0.2) is 108 Å². The van der Waals surface area contributed by atoms with E-state index in [-0.39, 0.29) is 18.4 Å². The van der Waals surface area contributed by atoms with E-state index >= 15 is 0 Å². The van der Waals surface area contributed by atoms with E-state index in [1.165, 1.54) is 11.8 Å². The topological polar surface area (TPSA) is 115 Å². The molecule has 0 spiro atoms. The van der Waals surface area contributed by atoms with Crippen molar-refractivity contribution in [1.82, 2.24) is 5.32 Å². The number of carbonyl (C=O) groups excluding carboxylic acids is 3. The molecule has 4 aromatic rings. The predicted molar refractivity (Wildman–Crippen MR) is 166 cm³/mol. The molecule has 0 aliphatic carbocycles. The maximum Gasteiger partial charge on any atom is 0.272 e. The summed E-state index contributed by atoms with van der Waals surface area (Å²) in [7, 11) is 1.57. The average Bonchev–Trinajstić information content (AvgIpc) is 3.49. The SMILES string of the molecule is COc1ccc(/C=C(/NC(=O)c2ccccc2)C(=O)Nc2cccc(SC(C)C(=O)Nc3ccc4c(c3)OCO4)c2)cc1. The second-order valence-electron chi connectivity index (χ2n) is 9.45. The van der Waals surface area contributed by atoms with Crippen LogP contribution < -0.4 is 30.2 Å². The summed E-state index contributed by atoms with van der Waals surface area (Å²) in [6, 6.07) is 28.2. The molecule has 0 saturated carbocycles. The van der Waals surface area contributed by atoms with Gasteiger partial charge in [-0.2, -0.15) is 0 Å². The van der Waals surface area contributed by atoms with Gasteiger partial charge in [0.05, 0.1) is 12.4 Å². The summed E-state index contributed by atoms with van der Waals surface area (Å²) in [6.07, 6.45) is 1.59. The van der Waals surface area contributed by atoms with Gasteiger partial charge in [0.15, 0.2) is 11.5 Å². The smallest absolute Gasteiger partial charge is 0.272 e. The fourth-order valence-corrected chi connectivity index (χ4v) is 5.06. The molecular weight excluding hydrogens is 566 g/mol. The van der Waals surface area contributed by atoms with Gasteiger partial charge in [0, 0.05) is 27.9 Å². The number of hydrogen-bond donors (Lipinski definition) is 3. The monoisotopic (exact) mass is 595 g/mol. The number of thioether (sulfide) groups is 1. The molecule has 10 heteroatoms. The molecule has 4 aromatic carbocycles. The van der Waals surface area contributed by atoms with Gasteiger partial charge in [-0.15, -0.1) is 11.8 Å². The normalized spacial score (nSPS) is 12.7. The van der Waals surface area contributed by atoms with Gasteiger partial charge in [0.2, 0.25) is 12.7 Å². The van der Waals surface area contributed by atoms with Crippen LogP contribution in [0.2, 0.25) is 0 Å². The largest absolute Gasteiger partial charge is 0.497 e. The number of anilines is 2.